The molecule has 0 N–H and O–H groups in total. The predicted octanol–water partition coefficient (Wildman–Crippen LogP) is 9.85. The van der Waals surface area contributed by atoms with Crippen LogP contribution in [0.5, 0.6) is 0 Å². The maximum atomic E-state index is 15.4. The van der Waals surface area contributed by atoms with Gasteiger partial charge in [-0.05, 0) is 92.9 Å². The van der Waals surface area contributed by atoms with Crippen molar-refractivity contribution in [1.29, 1.82) is 5.26 Å². The van der Waals surface area contributed by atoms with Gasteiger partial charge in [-0.15, -0.1) is 0 Å². The normalized spacial score (nSPS) is 16.4. The summed E-state index contributed by atoms with van der Waals surface area (Å²) in [6.07, 6.45) is 14.8. The van der Waals surface area contributed by atoms with E-state index in [4.69, 9.17) is 28.4 Å². The number of amides is 2. The number of hydrogen-bond donors (Lipinski definition) is 0. The van der Waals surface area contributed by atoms with Gasteiger partial charge in [0.2, 0.25) is 11.2 Å². The van der Waals surface area contributed by atoms with Crippen LogP contribution in [0.3, 0.4) is 0 Å². The summed E-state index contributed by atoms with van der Waals surface area (Å²) in [7, 11) is 6.50. The van der Waals surface area contributed by atoms with Crippen molar-refractivity contribution in [1.82, 2.24) is 38.9 Å². The molecule has 2 saturated carbocycles. The highest BCUT2D eigenvalue weighted by atomic mass is 35.5. The molecule has 360 valence electrons. The quantitative estimate of drug-likeness (QED) is 0.112. The standard InChI is InChI=1S/C25H28FN7O.C14H16ClFN4O.C12H14N2/c1-27-17-8-10-18(11-9-17)31-12-14-32(15-13-31)25-28-16-20-21(26)22(24(34)30(2)3)33(23(20)29-25)19-6-4-5-7-19;1-19(2)13(21)11-10(16)9-7-17-14(15)18-12(9)20(11)8-5-3-4-6-8;13-10-11-4-6-12(7-5-11)14-8-2-1-3-9-14/h8-11,16,19H,4-7,12-15H2,2-3H3;7-8H,3-6H2,1-2H3;4-7H,1-3,8-9H2. The van der Waals surface area contributed by atoms with Crippen molar-refractivity contribution in [2.24, 2.45) is 0 Å². The van der Waals surface area contributed by atoms with E-state index in [0.29, 0.717) is 28.3 Å². The van der Waals surface area contributed by atoms with Crippen LogP contribution in [0.2, 0.25) is 5.28 Å². The first-order chi connectivity index (χ1) is 33.4. The van der Waals surface area contributed by atoms with E-state index in [1.165, 1.54) is 47.1 Å². The first kappa shape index (κ1) is 48.6. The second-order valence-electron chi connectivity index (χ2n) is 18.4. The van der Waals surface area contributed by atoms with Gasteiger partial charge >= 0.3 is 0 Å². The number of nitrogens with zero attached hydrogens (tertiary/aromatic N) is 13. The number of halogens is 3. The maximum Gasteiger partial charge on any atom is 0.273 e. The van der Waals surface area contributed by atoms with E-state index < -0.39 is 11.6 Å². The van der Waals surface area contributed by atoms with E-state index in [0.717, 1.165) is 102 Å². The summed E-state index contributed by atoms with van der Waals surface area (Å²) in [6, 6.07) is 17.8. The largest absolute Gasteiger partial charge is 0.372 e. The Bertz CT molecular complexity index is 2860. The highest BCUT2D eigenvalue weighted by Gasteiger charge is 2.33. The Morgan fingerprint density at radius 1 is 0.652 bits per heavy atom. The van der Waals surface area contributed by atoms with Crippen molar-refractivity contribution in [2.75, 3.05) is 82.2 Å². The molecule has 4 fully saturated rings. The fourth-order valence-corrected chi connectivity index (χ4v) is 10.0. The van der Waals surface area contributed by atoms with Crippen LogP contribution in [0.1, 0.15) is 109 Å². The van der Waals surface area contributed by atoms with Crippen LogP contribution in [-0.2, 0) is 0 Å². The summed E-state index contributed by atoms with van der Waals surface area (Å²) >= 11 is 5.85. The molecule has 6 heterocycles. The van der Waals surface area contributed by atoms with Crippen LogP contribution in [-0.4, -0.2) is 118 Å². The number of anilines is 3. The lowest BCUT2D eigenvalue weighted by Crippen LogP contribution is -2.47. The minimum Gasteiger partial charge on any atom is -0.372 e. The van der Waals surface area contributed by atoms with Gasteiger partial charge in [0.1, 0.15) is 22.7 Å². The van der Waals surface area contributed by atoms with Gasteiger partial charge in [0, 0.05) is 103 Å². The summed E-state index contributed by atoms with van der Waals surface area (Å²) in [5.74, 6) is -1.24. The zero-order valence-electron chi connectivity index (χ0n) is 39.7. The molecule has 69 heavy (non-hydrogen) atoms. The summed E-state index contributed by atoms with van der Waals surface area (Å²) < 4.78 is 33.7. The van der Waals surface area contributed by atoms with Gasteiger partial charge in [-0.25, -0.2) is 23.6 Å². The summed E-state index contributed by atoms with van der Waals surface area (Å²) in [5.41, 5.74) is 4.78. The Kier molecular flexibility index (Phi) is 15.2. The molecule has 2 saturated heterocycles. The molecule has 10 rings (SSSR count). The molecule has 2 aliphatic carbocycles. The highest BCUT2D eigenvalue weighted by molar-refractivity contribution is 6.28. The van der Waals surface area contributed by atoms with Crippen molar-refractivity contribution in [3.63, 3.8) is 0 Å². The Balaban J connectivity index is 0.000000155. The third-order valence-electron chi connectivity index (χ3n) is 13.5. The molecule has 18 heteroatoms. The van der Waals surface area contributed by atoms with E-state index >= 15 is 4.39 Å². The molecule has 15 nitrogen and oxygen atoms in total. The summed E-state index contributed by atoms with van der Waals surface area (Å²) in [6.45, 7) is 12.5. The van der Waals surface area contributed by atoms with Gasteiger partial charge in [-0.2, -0.15) is 15.2 Å². The van der Waals surface area contributed by atoms with E-state index in [1.807, 2.05) is 53.1 Å². The molecule has 0 unspecified atom stereocenters. The van der Waals surface area contributed by atoms with Crippen LogP contribution < -0.4 is 14.7 Å². The number of aromatic nitrogens is 6. The van der Waals surface area contributed by atoms with Crippen LogP contribution in [0.25, 0.3) is 26.9 Å². The predicted molar refractivity (Wildman–Crippen MR) is 265 cm³/mol. The molecule has 0 atom stereocenters. The number of fused-ring (bicyclic) bond motifs is 2. The molecule has 6 aromatic rings. The minimum absolute atomic E-state index is 0.0541. The number of benzene rings is 2. The zero-order chi connectivity index (χ0) is 48.8. The van der Waals surface area contributed by atoms with Gasteiger partial charge in [-0.3, -0.25) is 9.59 Å². The van der Waals surface area contributed by atoms with E-state index in [9.17, 15) is 14.0 Å². The average Bonchev–Trinajstić information content (AvgIpc) is 4.21. The third-order valence-corrected chi connectivity index (χ3v) is 13.7. The van der Waals surface area contributed by atoms with E-state index in [-0.39, 0.29) is 46.0 Å². The average molecular weight is 959 g/mol. The lowest BCUT2D eigenvalue weighted by atomic mass is 10.1. The Hall–Kier alpha value is -6.85. The molecule has 2 amide bonds. The minimum atomic E-state index is -0.563. The highest BCUT2D eigenvalue weighted by Crippen LogP contribution is 2.38. The molecule has 4 aromatic heterocycles. The molecule has 2 aliphatic heterocycles. The SMILES string of the molecule is CN(C)C(=O)c1c(F)c2cnc(Cl)nc2n1C1CCCC1.N#Cc1ccc(N2CCCCC2)cc1.[C-]#[N+]c1ccc(N2CCN(c3ncc4c(F)c(C(=O)N(C)C)n(C5CCCC5)c4n3)CC2)cc1. The number of carbonyl (C=O) groups excluding carboxylic acids is 2. The summed E-state index contributed by atoms with van der Waals surface area (Å²) in [5, 5.41) is 9.29. The van der Waals surface area contributed by atoms with Crippen LogP contribution in [0.4, 0.5) is 31.8 Å². The molecule has 0 bridgehead atoms. The molecule has 4 aliphatic rings. The number of piperazine rings is 1. The molecule has 0 radical (unpaired) electrons. The van der Waals surface area contributed by atoms with Gasteiger partial charge in [0.05, 0.1) is 29.0 Å². The van der Waals surface area contributed by atoms with Crippen molar-refractivity contribution in [3.8, 4) is 6.07 Å². The van der Waals surface area contributed by atoms with E-state index in [2.05, 4.69) is 40.6 Å². The van der Waals surface area contributed by atoms with Crippen molar-refractivity contribution >= 4 is 68.5 Å². The smallest absolute Gasteiger partial charge is 0.273 e. The Morgan fingerprint density at radius 3 is 1.58 bits per heavy atom. The van der Waals surface area contributed by atoms with Crippen LogP contribution in [0, 0.1) is 29.5 Å². The van der Waals surface area contributed by atoms with Crippen LogP contribution in [0.15, 0.2) is 60.9 Å². The molecular weight excluding hydrogens is 900 g/mol. The fourth-order valence-electron chi connectivity index (χ4n) is 9.88. The topological polar surface area (TPSA) is 140 Å². The number of hydrogen-bond acceptors (Lipinski definition) is 10. The number of rotatable bonds is 7. The van der Waals surface area contributed by atoms with Gasteiger partial charge in [0.25, 0.3) is 11.8 Å². The first-order valence-electron chi connectivity index (χ1n) is 23.8. The number of nitriles is 1. The van der Waals surface area contributed by atoms with Crippen molar-refractivity contribution in [2.45, 2.75) is 82.7 Å². The molecule has 0 spiro atoms. The lowest BCUT2D eigenvalue weighted by molar-refractivity contribution is 0.0803. The van der Waals surface area contributed by atoms with Crippen molar-refractivity contribution < 1.29 is 18.4 Å². The maximum absolute atomic E-state index is 15.4. The second kappa shape index (κ2) is 21.6. The third kappa shape index (κ3) is 10.4. The Labute approximate surface area is 406 Å². The van der Waals surface area contributed by atoms with Gasteiger partial charge in [-0.1, -0.05) is 37.8 Å². The molecular formula is C51H58ClF2N13O2. The zero-order valence-corrected chi connectivity index (χ0v) is 40.5. The Morgan fingerprint density at radius 2 is 1.10 bits per heavy atom. The van der Waals surface area contributed by atoms with E-state index in [1.54, 1.807) is 32.8 Å². The number of carbonyl (C=O) groups is 2. The molecule has 2 aromatic carbocycles. The van der Waals surface area contributed by atoms with Crippen LogP contribution >= 0.6 is 11.6 Å². The summed E-state index contributed by atoms with van der Waals surface area (Å²) in [4.78, 5) is 55.6. The van der Waals surface area contributed by atoms with Crippen molar-refractivity contribution in [3.05, 3.63) is 106 Å². The monoisotopic (exact) mass is 957 g/mol. The fraction of sp³-hybridized carbons (Fsp3) is 0.451. The number of piperidine rings is 1. The van der Waals surface area contributed by atoms with Gasteiger partial charge in [0.15, 0.2) is 17.3 Å². The van der Waals surface area contributed by atoms with Gasteiger partial charge < -0.3 is 33.6 Å². The lowest BCUT2D eigenvalue weighted by Gasteiger charge is -2.36. The second-order valence-corrected chi connectivity index (χ2v) is 18.8. The first-order valence-corrected chi connectivity index (χ1v) is 24.2.